The lowest BCUT2D eigenvalue weighted by Gasteiger charge is -1.91. The standard InChI is InChI=1S/C8H15OP/c1-2-3-4-5-6-7-8-10-9/h7-8H,2-6H2,1H3/p+1. The molecule has 0 aliphatic rings. The molecule has 0 radical (unpaired) electrons. The molecule has 0 aliphatic carbocycles. The zero-order chi connectivity index (χ0) is 7.66. The monoisotopic (exact) mass is 159 g/mol. The maximum atomic E-state index is 9.96. The van der Waals surface area contributed by atoms with Crippen LogP contribution in [0.3, 0.4) is 0 Å². The Bertz CT molecular complexity index is 99.4. The Hall–Kier alpha value is -0.160. The van der Waals surface area contributed by atoms with Crippen molar-refractivity contribution in [2.75, 3.05) is 0 Å². The fourth-order valence-electron chi connectivity index (χ4n) is 0.820. The van der Waals surface area contributed by atoms with Gasteiger partial charge in [-0.25, -0.2) is 0 Å². The Kier molecular flexibility index (Phi) is 8.70. The second-order valence-electron chi connectivity index (χ2n) is 2.37. The van der Waals surface area contributed by atoms with Gasteiger partial charge in [-0.1, -0.05) is 30.8 Å². The summed E-state index contributed by atoms with van der Waals surface area (Å²) >= 11 is 0. The molecule has 0 rings (SSSR count). The third kappa shape index (κ3) is 7.84. The molecule has 0 aliphatic heterocycles. The molecule has 0 fully saturated rings. The molecule has 0 bridgehead atoms. The van der Waals surface area contributed by atoms with Crippen molar-refractivity contribution in [1.82, 2.24) is 0 Å². The minimum atomic E-state index is -0.261. The largest absolute Gasteiger partial charge is 0.355 e. The van der Waals surface area contributed by atoms with Gasteiger partial charge in [0.25, 0.3) is 0 Å². The number of hydrogen-bond donors (Lipinski definition) is 0. The summed E-state index contributed by atoms with van der Waals surface area (Å²) in [6, 6.07) is 0. The quantitative estimate of drug-likeness (QED) is 0.428. The maximum absolute atomic E-state index is 9.96. The molecule has 1 unspecified atom stereocenters. The molecule has 0 spiro atoms. The predicted molar refractivity (Wildman–Crippen MR) is 46.9 cm³/mol. The van der Waals surface area contributed by atoms with Gasteiger partial charge < -0.3 is 0 Å². The molecule has 0 saturated carbocycles. The summed E-state index contributed by atoms with van der Waals surface area (Å²) < 4.78 is 9.96. The van der Waals surface area contributed by atoms with Crippen LogP contribution in [-0.2, 0) is 4.57 Å². The first kappa shape index (κ1) is 9.84. The molecule has 2 heteroatoms. The van der Waals surface area contributed by atoms with Crippen molar-refractivity contribution in [3.05, 3.63) is 11.9 Å². The predicted octanol–water partition coefficient (Wildman–Crippen LogP) is 3.49. The Morgan fingerprint density at radius 2 is 2.10 bits per heavy atom. The SMILES string of the molecule is CCCCCCC=C[PH+]=O. The van der Waals surface area contributed by atoms with Gasteiger partial charge in [0.2, 0.25) is 0 Å². The number of unbranched alkanes of at least 4 members (excludes halogenated alkanes) is 4. The van der Waals surface area contributed by atoms with Gasteiger partial charge in [-0.05, 0) is 18.9 Å². The van der Waals surface area contributed by atoms with Crippen LogP contribution in [0.2, 0.25) is 0 Å². The van der Waals surface area contributed by atoms with Gasteiger partial charge in [0.1, 0.15) is 5.82 Å². The molecule has 58 valence electrons. The Balaban J connectivity index is 2.90. The number of hydrogen-bond acceptors (Lipinski definition) is 1. The third-order valence-corrected chi connectivity index (χ3v) is 1.78. The van der Waals surface area contributed by atoms with Crippen LogP contribution in [-0.4, -0.2) is 0 Å². The van der Waals surface area contributed by atoms with Crippen molar-refractivity contribution in [3.8, 4) is 0 Å². The highest BCUT2D eigenvalue weighted by molar-refractivity contribution is 7.27. The summed E-state index contributed by atoms with van der Waals surface area (Å²) in [4.78, 5) is 0. The van der Waals surface area contributed by atoms with Crippen LogP contribution in [0.4, 0.5) is 0 Å². The van der Waals surface area contributed by atoms with Crippen molar-refractivity contribution in [1.29, 1.82) is 0 Å². The van der Waals surface area contributed by atoms with E-state index in [2.05, 4.69) is 6.92 Å². The minimum absolute atomic E-state index is 0.261. The van der Waals surface area contributed by atoms with Gasteiger partial charge in [0.15, 0.2) is 0 Å². The summed E-state index contributed by atoms with van der Waals surface area (Å²) in [6.07, 6.45) is 8.26. The number of rotatable bonds is 6. The van der Waals surface area contributed by atoms with Gasteiger partial charge in [-0.3, -0.25) is 0 Å². The molecule has 0 amide bonds. The summed E-state index contributed by atoms with van der Waals surface area (Å²) in [5.74, 6) is 1.73. The summed E-state index contributed by atoms with van der Waals surface area (Å²) in [7, 11) is -0.261. The van der Waals surface area contributed by atoms with E-state index in [0.29, 0.717) is 0 Å². The molecule has 1 atom stereocenters. The molecule has 1 nitrogen and oxygen atoms in total. The Morgan fingerprint density at radius 3 is 2.70 bits per heavy atom. The van der Waals surface area contributed by atoms with Gasteiger partial charge in [-0.15, -0.1) is 0 Å². The van der Waals surface area contributed by atoms with E-state index in [1.165, 1.54) is 25.7 Å². The van der Waals surface area contributed by atoms with Crippen LogP contribution >= 0.6 is 8.46 Å². The molecular weight excluding hydrogens is 143 g/mol. The van der Waals surface area contributed by atoms with Crippen LogP contribution in [0.25, 0.3) is 0 Å². The highest BCUT2D eigenvalue weighted by atomic mass is 31.1. The van der Waals surface area contributed by atoms with Crippen molar-refractivity contribution in [3.63, 3.8) is 0 Å². The van der Waals surface area contributed by atoms with Crippen molar-refractivity contribution in [2.24, 2.45) is 0 Å². The average Bonchev–Trinajstić information content (AvgIpc) is 1.97. The van der Waals surface area contributed by atoms with Crippen LogP contribution in [0.5, 0.6) is 0 Å². The summed E-state index contributed by atoms with van der Waals surface area (Å²) in [5, 5.41) is 0. The summed E-state index contributed by atoms with van der Waals surface area (Å²) in [5.41, 5.74) is 0. The first-order chi connectivity index (χ1) is 4.91. The first-order valence-corrected chi connectivity index (χ1v) is 4.93. The van der Waals surface area contributed by atoms with E-state index in [1.807, 2.05) is 6.08 Å². The first-order valence-electron chi connectivity index (χ1n) is 3.94. The zero-order valence-electron chi connectivity index (χ0n) is 6.60. The van der Waals surface area contributed by atoms with E-state index in [9.17, 15) is 4.57 Å². The Labute approximate surface area is 64.7 Å². The highest BCUT2D eigenvalue weighted by Crippen LogP contribution is 2.04. The van der Waals surface area contributed by atoms with E-state index >= 15 is 0 Å². The second kappa shape index (κ2) is 8.84. The third-order valence-electron chi connectivity index (χ3n) is 1.41. The molecular formula is C8H16OP+. The van der Waals surface area contributed by atoms with Gasteiger partial charge in [0, 0.05) is 0 Å². The van der Waals surface area contributed by atoms with Crippen LogP contribution in [0.15, 0.2) is 11.9 Å². The van der Waals surface area contributed by atoms with E-state index in [0.717, 1.165) is 6.42 Å². The topological polar surface area (TPSA) is 17.1 Å². The molecule has 0 saturated heterocycles. The maximum Gasteiger partial charge on any atom is 0.355 e. The van der Waals surface area contributed by atoms with Gasteiger partial charge in [0.05, 0.1) is 0 Å². The Morgan fingerprint density at radius 1 is 1.30 bits per heavy atom. The second-order valence-corrected chi connectivity index (χ2v) is 2.94. The fourth-order valence-corrected chi connectivity index (χ4v) is 1.08. The number of allylic oxidation sites excluding steroid dienone is 1. The van der Waals surface area contributed by atoms with E-state index in [-0.39, 0.29) is 8.46 Å². The van der Waals surface area contributed by atoms with E-state index in [4.69, 9.17) is 0 Å². The lowest BCUT2D eigenvalue weighted by Crippen LogP contribution is -1.72. The van der Waals surface area contributed by atoms with E-state index < -0.39 is 0 Å². The van der Waals surface area contributed by atoms with Gasteiger partial charge in [-0.2, -0.15) is 0 Å². The summed E-state index contributed by atoms with van der Waals surface area (Å²) in [6.45, 7) is 2.20. The van der Waals surface area contributed by atoms with Gasteiger partial charge >= 0.3 is 8.46 Å². The molecule has 0 heterocycles. The highest BCUT2D eigenvalue weighted by Gasteiger charge is 1.84. The average molecular weight is 159 g/mol. The smallest absolute Gasteiger partial charge is 0.0714 e. The van der Waals surface area contributed by atoms with Crippen LogP contribution in [0.1, 0.15) is 39.0 Å². The lowest BCUT2D eigenvalue weighted by atomic mass is 10.2. The lowest BCUT2D eigenvalue weighted by molar-refractivity contribution is 0.602. The zero-order valence-corrected chi connectivity index (χ0v) is 7.60. The van der Waals surface area contributed by atoms with Crippen molar-refractivity contribution < 1.29 is 4.57 Å². The van der Waals surface area contributed by atoms with E-state index in [1.54, 1.807) is 5.82 Å². The molecule has 10 heavy (non-hydrogen) atoms. The normalized spacial score (nSPS) is 11.3. The van der Waals surface area contributed by atoms with Crippen molar-refractivity contribution >= 4 is 8.46 Å². The molecule has 0 N–H and O–H groups in total. The molecule has 0 aromatic rings. The van der Waals surface area contributed by atoms with Crippen LogP contribution in [0, 0.1) is 0 Å². The van der Waals surface area contributed by atoms with Crippen LogP contribution < -0.4 is 0 Å². The molecule has 0 aromatic carbocycles. The van der Waals surface area contributed by atoms with Crippen molar-refractivity contribution in [2.45, 2.75) is 39.0 Å². The molecule has 0 aromatic heterocycles. The minimum Gasteiger partial charge on any atom is -0.0714 e. The fraction of sp³-hybridized carbons (Fsp3) is 0.750.